The number of nitrogens with zero attached hydrogens (tertiary/aromatic N) is 3. The van der Waals surface area contributed by atoms with Crippen molar-refractivity contribution in [2.75, 3.05) is 27.2 Å². The fourth-order valence-electron chi connectivity index (χ4n) is 4.59. The minimum absolute atomic E-state index is 0.0466. The molecule has 3 aromatic carbocycles. The summed E-state index contributed by atoms with van der Waals surface area (Å²) in [6, 6.07) is 18.5. The Labute approximate surface area is 241 Å². The van der Waals surface area contributed by atoms with Gasteiger partial charge in [-0.15, -0.1) is 0 Å². The summed E-state index contributed by atoms with van der Waals surface area (Å²) in [6.45, 7) is 5.32. The number of aliphatic hydroxyl groups is 1. The molecule has 0 fully saturated rings. The van der Waals surface area contributed by atoms with Crippen LogP contribution in [-0.4, -0.2) is 73.0 Å². The van der Waals surface area contributed by atoms with E-state index in [0.29, 0.717) is 11.3 Å². The molecule has 220 valence electrons. The van der Waals surface area contributed by atoms with Gasteiger partial charge in [0.15, 0.2) is 0 Å². The smallest absolute Gasteiger partial charge is 0.270 e. The van der Waals surface area contributed by atoms with Gasteiger partial charge in [0, 0.05) is 37.8 Å². The summed E-state index contributed by atoms with van der Waals surface area (Å²) in [7, 11) is -0.996. The van der Waals surface area contributed by atoms with Gasteiger partial charge in [-0.1, -0.05) is 50.2 Å². The van der Waals surface area contributed by atoms with Crippen LogP contribution in [0.2, 0.25) is 0 Å². The topological polar surface area (TPSA) is 130 Å². The number of methoxy groups -OCH3 is 1. The number of aliphatic hydroxyl groups excluding tert-OH is 1. The van der Waals surface area contributed by atoms with Crippen LogP contribution in [0.15, 0.2) is 77.7 Å². The summed E-state index contributed by atoms with van der Waals surface area (Å²) in [6.07, 6.45) is -1.05. The summed E-state index contributed by atoms with van der Waals surface area (Å²) in [5, 5.41) is 23.0. The molecule has 3 aromatic rings. The van der Waals surface area contributed by atoms with Gasteiger partial charge >= 0.3 is 0 Å². The molecule has 1 amide bonds. The molecule has 0 aliphatic carbocycles. The van der Waals surface area contributed by atoms with Crippen molar-refractivity contribution in [3.8, 4) is 5.75 Å². The van der Waals surface area contributed by atoms with Gasteiger partial charge in [0.1, 0.15) is 5.75 Å². The predicted octanol–water partition coefficient (Wildman–Crippen LogP) is 4.30. The quantitative estimate of drug-likeness (QED) is 0.234. The molecule has 41 heavy (non-hydrogen) atoms. The van der Waals surface area contributed by atoms with Crippen LogP contribution in [0.1, 0.15) is 35.3 Å². The molecule has 1 N–H and O–H groups in total. The number of sulfonamides is 1. The van der Waals surface area contributed by atoms with Crippen LogP contribution < -0.4 is 4.74 Å². The number of nitro benzene ring substituents is 1. The number of amides is 1. The highest BCUT2D eigenvalue weighted by Gasteiger charge is 2.34. The van der Waals surface area contributed by atoms with Crippen molar-refractivity contribution in [1.82, 2.24) is 9.21 Å². The van der Waals surface area contributed by atoms with Crippen LogP contribution in [-0.2, 0) is 16.4 Å². The van der Waals surface area contributed by atoms with Crippen molar-refractivity contribution in [3.05, 3.63) is 99.6 Å². The highest BCUT2D eigenvalue weighted by Crippen LogP contribution is 2.24. The van der Waals surface area contributed by atoms with Crippen LogP contribution in [0, 0.1) is 23.0 Å². The van der Waals surface area contributed by atoms with Gasteiger partial charge < -0.3 is 14.7 Å². The lowest BCUT2D eigenvalue weighted by molar-refractivity contribution is -0.384. The van der Waals surface area contributed by atoms with Gasteiger partial charge in [-0.25, -0.2) is 8.42 Å². The Hall–Kier alpha value is -3.80. The Balaban J connectivity index is 1.98. The second-order valence-electron chi connectivity index (χ2n) is 10.4. The largest absolute Gasteiger partial charge is 0.497 e. The molecule has 0 aliphatic heterocycles. The number of hydrogen-bond acceptors (Lipinski definition) is 7. The van der Waals surface area contributed by atoms with Crippen LogP contribution in [0.5, 0.6) is 5.75 Å². The first kappa shape index (κ1) is 31.7. The van der Waals surface area contributed by atoms with Crippen molar-refractivity contribution in [1.29, 1.82) is 0 Å². The minimum atomic E-state index is -4.00. The van der Waals surface area contributed by atoms with E-state index in [9.17, 15) is 28.4 Å². The number of ether oxygens (including phenoxy) is 1. The zero-order chi connectivity index (χ0) is 30.3. The Bertz CT molecular complexity index is 1440. The molecular weight excluding hydrogens is 546 g/mol. The van der Waals surface area contributed by atoms with E-state index >= 15 is 0 Å². The first-order valence-corrected chi connectivity index (χ1v) is 14.7. The van der Waals surface area contributed by atoms with E-state index < -0.39 is 33.0 Å². The maximum atomic E-state index is 13.7. The molecule has 10 nitrogen and oxygen atoms in total. The monoisotopic (exact) mass is 583 g/mol. The summed E-state index contributed by atoms with van der Waals surface area (Å²) >= 11 is 0. The molecule has 0 aromatic heterocycles. The van der Waals surface area contributed by atoms with E-state index in [1.165, 1.54) is 53.7 Å². The van der Waals surface area contributed by atoms with Gasteiger partial charge in [-0.05, 0) is 54.7 Å². The van der Waals surface area contributed by atoms with Crippen molar-refractivity contribution < 1.29 is 28.0 Å². The third-order valence-electron chi connectivity index (χ3n) is 6.87. The van der Waals surface area contributed by atoms with Crippen LogP contribution in [0.4, 0.5) is 5.69 Å². The van der Waals surface area contributed by atoms with E-state index in [-0.39, 0.29) is 41.6 Å². The highest BCUT2D eigenvalue weighted by molar-refractivity contribution is 7.89. The Morgan fingerprint density at radius 1 is 1.02 bits per heavy atom. The lowest BCUT2D eigenvalue weighted by Crippen LogP contribution is -2.51. The lowest BCUT2D eigenvalue weighted by atomic mass is 9.98. The second kappa shape index (κ2) is 13.7. The zero-order valence-corrected chi connectivity index (χ0v) is 24.7. The zero-order valence-electron chi connectivity index (χ0n) is 23.9. The van der Waals surface area contributed by atoms with E-state index in [2.05, 4.69) is 0 Å². The second-order valence-corrected chi connectivity index (χ2v) is 12.3. The molecule has 0 spiro atoms. The molecule has 0 saturated carbocycles. The number of rotatable bonds is 13. The average molecular weight is 584 g/mol. The molecule has 2 atom stereocenters. The predicted molar refractivity (Wildman–Crippen MR) is 156 cm³/mol. The van der Waals surface area contributed by atoms with E-state index in [1.807, 2.05) is 44.2 Å². The van der Waals surface area contributed by atoms with Crippen LogP contribution in [0.25, 0.3) is 0 Å². The molecule has 0 radical (unpaired) electrons. The van der Waals surface area contributed by atoms with Gasteiger partial charge in [-0.3, -0.25) is 14.9 Å². The Kier molecular flexibility index (Phi) is 10.6. The molecule has 0 aliphatic rings. The first-order valence-electron chi connectivity index (χ1n) is 13.2. The molecule has 3 rings (SSSR count). The number of likely N-dealkylation sites (N-methyl/N-ethyl adjacent to an activating group) is 1. The van der Waals surface area contributed by atoms with Crippen LogP contribution in [0.3, 0.4) is 0 Å². The number of hydrogen-bond donors (Lipinski definition) is 1. The Morgan fingerprint density at radius 2 is 1.66 bits per heavy atom. The Morgan fingerprint density at radius 3 is 2.22 bits per heavy atom. The van der Waals surface area contributed by atoms with Crippen LogP contribution >= 0.6 is 0 Å². The standard InChI is InChI=1S/C30H37N3O7S/c1-21(2)19-32(41(38,39)26-15-13-25(40-5)14-16-26)20-29(34)28(17-23-9-7-6-8-10-23)31(4)30(35)27-18-24(33(36)37)12-11-22(27)3/h6-16,18,21,28-29,34H,17,19-20H2,1-5H3/t28-,29+/m0/s1. The molecular formula is C30H37N3O7S. The van der Waals surface area contributed by atoms with Gasteiger partial charge in [0.25, 0.3) is 11.6 Å². The molecule has 0 bridgehead atoms. The van der Waals surface area contributed by atoms with Crippen molar-refractivity contribution in [2.24, 2.45) is 5.92 Å². The maximum absolute atomic E-state index is 13.7. The van der Waals surface area contributed by atoms with Gasteiger partial charge in [-0.2, -0.15) is 4.31 Å². The molecule has 0 saturated heterocycles. The molecule has 0 heterocycles. The third-order valence-corrected chi connectivity index (χ3v) is 8.71. The number of aryl methyl sites for hydroxylation is 1. The third kappa shape index (κ3) is 7.90. The minimum Gasteiger partial charge on any atom is -0.497 e. The summed E-state index contributed by atoms with van der Waals surface area (Å²) < 4.78 is 33.8. The SMILES string of the molecule is COc1ccc(S(=O)(=O)N(CC(C)C)C[C@@H](O)[C@H](Cc2ccccc2)N(C)C(=O)c2cc([N+](=O)[O-])ccc2C)cc1. The average Bonchev–Trinajstić information content (AvgIpc) is 2.95. The van der Waals surface area contributed by atoms with E-state index in [4.69, 9.17) is 4.74 Å². The van der Waals surface area contributed by atoms with E-state index in [1.54, 1.807) is 19.1 Å². The summed E-state index contributed by atoms with van der Waals surface area (Å²) in [4.78, 5) is 25.9. The van der Waals surface area contributed by atoms with Crippen molar-refractivity contribution in [3.63, 3.8) is 0 Å². The highest BCUT2D eigenvalue weighted by atomic mass is 32.2. The lowest BCUT2D eigenvalue weighted by Gasteiger charge is -2.35. The normalized spacial score (nSPS) is 13.2. The molecule has 11 heteroatoms. The van der Waals surface area contributed by atoms with Crippen molar-refractivity contribution in [2.45, 2.75) is 44.2 Å². The first-order chi connectivity index (χ1) is 19.3. The van der Waals surface area contributed by atoms with Crippen molar-refractivity contribution >= 4 is 21.6 Å². The number of benzene rings is 3. The fraction of sp³-hybridized carbons (Fsp3) is 0.367. The maximum Gasteiger partial charge on any atom is 0.270 e. The number of carbonyl (C=O) groups excluding carboxylic acids is 1. The van der Waals surface area contributed by atoms with Gasteiger partial charge in [0.2, 0.25) is 10.0 Å². The summed E-state index contributed by atoms with van der Waals surface area (Å²) in [5.74, 6) is -0.0480. The van der Waals surface area contributed by atoms with E-state index in [0.717, 1.165) is 5.56 Å². The number of non-ortho nitro benzene ring substituents is 1. The molecule has 0 unspecified atom stereocenters. The fourth-order valence-corrected chi connectivity index (χ4v) is 6.21. The number of nitro groups is 1. The number of carbonyl (C=O) groups is 1. The summed E-state index contributed by atoms with van der Waals surface area (Å²) in [5.41, 5.74) is 1.29. The van der Waals surface area contributed by atoms with Gasteiger partial charge in [0.05, 0.1) is 29.1 Å².